The van der Waals surface area contributed by atoms with Gasteiger partial charge in [-0.15, -0.1) is 6.42 Å². The van der Waals surface area contributed by atoms with Crippen molar-refractivity contribution in [1.82, 2.24) is 25.0 Å². The van der Waals surface area contributed by atoms with E-state index in [1.54, 1.807) is 16.8 Å². The second kappa shape index (κ2) is 11.0. The molecule has 37 heavy (non-hydrogen) atoms. The van der Waals surface area contributed by atoms with Crippen LogP contribution in [0.15, 0.2) is 41.8 Å². The molecule has 1 aliphatic rings. The minimum Gasteiger partial charge on any atom is -0.352 e. The third kappa shape index (κ3) is 5.73. The molecular formula is C27H27F3N6O. The van der Waals surface area contributed by atoms with E-state index in [4.69, 9.17) is 6.42 Å². The summed E-state index contributed by atoms with van der Waals surface area (Å²) in [6.45, 7) is 5.49. The molecule has 4 rings (SSSR count). The van der Waals surface area contributed by atoms with Crippen molar-refractivity contribution in [3.8, 4) is 12.3 Å². The number of amides is 1. The lowest BCUT2D eigenvalue weighted by molar-refractivity contribution is -0.0571. The van der Waals surface area contributed by atoms with Gasteiger partial charge in [0.25, 0.3) is 5.91 Å². The van der Waals surface area contributed by atoms with Gasteiger partial charge in [0.05, 0.1) is 30.7 Å². The Morgan fingerprint density at radius 3 is 2.65 bits per heavy atom. The number of hydrogen-bond donors (Lipinski definition) is 2. The SMILES string of the molecule is C#CCNCCCNC(=O)c1c(C)cc(Cc2nccn3c(C4=CCN=C4C(F)(F)F)cnc23)cc1C. The van der Waals surface area contributed by atoms with Gasteiger partial charge in [0.15, 0.2) is 5.65 Å². The highest BCUT2D eigenvalue weighted by atomic mass is 19.4. The lowest BCUT2D eigenvalue weighted by Gasteiger charge is -2.14. The average molecular weight is 509 g/mol. The first-order valence-corrected chi connectivity index (χ1v) is 11.9. The van der Waals surface area contributed by atoms with Crippen molar-refractivity contribution in [1.29, 1.82) is 0 Å². The van der Waals surface area contributed by atoms with Crippen LogP contribution in [0.1, 0.15) is 44.9 Å². The summed E-state index contributed by atoms with van der Waals surface area (Å²) in [7, 11) is 0. The van der Waals surface area contributed by atoms with Gasteiger partial charge in [0, 0.05) is 36.5 Å². The maximum absolute atomic E-state index is 13.4. The van der Waals surface area contributed by atoms with E-state index in [1.165, 1.54) is 12.3 Å². The van der Waals surface area contributed by atoms with Crippen molar-refractivity contribution in [2.45, 2.75) is 32.9 Å². The summed E-state index contributed by atoms with van der Waals surface area (Å²) in [5.41, 5.74) is 3.75. The molecule has 0 saturated carbocycles. The van der Waals surface area contributed by atoms with Gasteiger partial charge in [0.1, 0.15) is 5.71 Å². The van der Waals surface area contributed by atoms with Crippen LogP contribution in [-0.2, 0) is 6.42 Å². The third-order valence-electron chi connectivity index (χ3n) is 6.08. The number of carbonyl (C=O) groups is 1. The number of imidazole rings is 1. The normalized spacial score (nSPS) is 13.4. The second-order valence-electron chi connectivity index (χ2n) is 8.79. The standard InChI is InChI=1S/C27H27F3N6O/c1-4-7-31-8-5-9-34-26(37)23-17(2)13-19(14-18(23)3)15-21-25-35-16-22(36(25)12-11-32-21)20-6-10-33-24(20)27(28,29)30/h1,6,11-14,16,31H,5,7-10,15H2,2-3H3,(H,34,37). The first-order chi connectivity index (χ1) is 17.7. The highest BCUT2D eigenvalue weighted by Crippen LogP contribution is 2.32. The van der Waals surface area contributed by atoms with Crippen LogP contribution in [0.5, 0.6) is 0 Å². The van der Waals surface area contributed by atoms with E-state index in [0.29, 0.717) is 42.1 Å². The van der Waals surface area contributed by atoms with E-state index in [1.807, 2.05) is 26.0 Å². The number of allylic oxidation sites excluding steroid dienone is 1. The summed E-state index contributed by atoms with van der Waals surface area (Å²) in [5, 5.41) is 6.02. The fourth-order valence-electron chi connectivity index (χ4n) is 4.55. The molecule has 192 valence electrons. The molecule has 0 bridgehead atoms. The molecule has 10 heteroatoms. The monoisotopic (exact) mass is 508 g/mol. The van der Waals surface area contributed by atoms with Gasteiger partial charge in [-0.25, -0.2) is 4.98 Å². The summed E-state index contributed by atoms with van der Waals surface area (Å²) in [6.07, 6.45) is 7.86. The molecule has 1 aromatic carbocycles. The molecule has 0 atom stereocenters. The lowest BCUT2D eigenvalue weighted by atomic mass is 9.96. The Balaban J connectivity index is 1.52. The van der Waals surface area contributed by atoms with Crippen LogP contribution in [0, 0.1) is 26.2 Å². The van der Waals surface area contributed by atoms with Crippen LogP contribution >= 0.6 is 0 Å². The van der Waals surface area contributed by atoms with Crippen LogP contribution in [0.3, 0.4) is 0 Å². The summed E-state index contributed by atoms with van der Waals surface area (Å²) < 4.78 is 41.9. The quantitative estimate of drug-likeness (QED) is 0.341. The van der Waals surface area contributed by atoms with Crippen LogP contribution in [0.4, 0.5) is 13.2 Å². The number of hydrogen-bond acceptors (Lipinski definition) is 5. The Morgan fingerprint density at radius 2 is 1.95 bits per heavy atom. The number of nitrogens with one attached hydrogen (secondary N) is 2. The van der Waals surface area contributed by atoms with Gasteiger partial charge in [-0.05, 0) is 43.5 Å². The van der Waals surface area contributed by atoms with Crippen molar-refractivity contribution < 1.29 is 18.0 Å². The van der Waals surface area contributed by atoms with E-state index in [-0.39, 0.29) is 18.0 Å². The van der Waals surface area contributed by atoms with Gasteiger partial charge < -0.3 is 10.6 Å². The van der Waals surface area contributed by atoms with Crippen LogP contribution in [0.25, 0.3) is 11.2 Å². The zero-order valence-electron chi connectivity index (χ0n) is 20.6. The summed E-state index contributed by atoms with van der Waals surface area (Å²) in [6, 6.07) is 3.86. The Hall–Kier alpha value is -3.97. The molecule has 0 aliphatic carbocycles. The number of alkyl halides is 3. The van der Waals surface area contributed by atoms with E-state index >= 15 is 0 Å². The van der Waals surface area contributed by atoms with Gasteiger partial charge in [0.2, 0.25) is 0 Å². The Labute approximate surface area is 212 Å². The number of benzene rings is 1. The van der Waals surface area contributed by atoms with Crippen LogP contribution in [-0.4, -0.2) is 58.3 Å². The largest absolute Gasteiger partial charge is 0.433 e. The van der Waals surface area contributed by atoms with Crippen molar-refractivity contribution in [3.63, 3.8) is 0 Å². The number of halogens is 3. The molecule has 3 aromatic rings. The first kappa shape index (κ1) is 26.1. The maximum atomic E-state index is 13.4. The molecule has 2 N–H and O–H groups in total. The molecule has 0 spiro atoms. The predicted octanol–water partition coefficient (Wildman–Crippen LogP) is 3.68. The number of aryl methyl sites for hydroxylation is 2. The number of nitrogens with zero attached hydrogens (tertiary/aromatic N) is 4. The van der Waals surface area contributed by atoms with Gasteiger partial charge in [-0.2, -0.15) is 13.2 Å². The Morgan fingerprint density at radius 1 is 1.19 bits per heavy atom. The first-order valence-electron chi connectivity index (χ1n) is 11.9. The number of aliphatic imine (C=N–C) groups is 1. The number of terminal acetylenes is 1. The third-order valence-corrected chi connectivity index (χ3v) is 6.08. The zero-order chi connectivity index (χ0) is 26.6. The maximum Gasteiger partial charge on any atom is 0.433 e. The topological polar surface area (TPSA) is 83.7 Å². The zero-order valence-corrected chi connectivity index (χ0v) is 20.6. The molecule has 0 radical (unpaired) electrons. The van der Waals surface area contributed by atoms with E-state index in [2.05, 4.69) is 31.5 Å². The number of aromatic nitrogens is 3. The van der Waals surface area contributed by atoms with Crippen molar-refractivity contribution in [3.05, 3.63) is 70.4 Å². The molecule has 1 amide bonds. The highest BCUT2D eigenvalue weighted by Gasteiger charge is 2.40. The molecule has 1 aliphatic heterocycles. The van der Waals surface area contributed by atoms with Crippen LogP contribution < -0.4 is 10.6 Å². The molecule has 2 aromatic heterocycles. The smallest absolute Gasteiger partial charge is 0.352 e. The molecule has 0 fully saturated rings. The van der Waals surface area contributed by atoms with Gasteiger partial charge in [-0.1, -0.05) is 24.1 Å². The molecule has 0 unspecified atom stereocenters. The summed E-state index contributed by atoms with van der Waals surface area (Å²) in [5.74, 6) is 2.37. The average Bonchev–Trinajstić information content (AvgIpc) is 3.48. The summed E-state index contributed by atoms with van der Waals surface area (Å²) >= 11 is 0. The number of fused-ring (bicyclic) bond motifs is 1. The summed E-state index contributed by atoms with van der Waals surface area (Å²) in [4.78, 5) is 25.2. The fraction of sp³-hybridized carbons (Fsp3) is 0.333. The predicted molar refractivity (Wildman–Crippen MR) is 137 cm³/mol. The van der Waals surface area contributed by atoms with E-state index in [0.717, 1.165) is 29.7 Å². The number of rotatable bonds is 9. The Bertz CT molecular complexity index is 1410. The molecule has 3 heterocycles. The van der Waals surface area contributed by atoms with Crippen molar-refractivity contribution in [2.24, 2.45) is 4.99 Å². The minimum atomic E-state index is -4.54. The molecule has 0 saturated heterocycles. The van der Waals surface area contributed by atoms with E-state index in [9.17, 15) is 18.0 Å². The lowest BCUT2D eigenvalue weighted by Crippen LogP contribution is -2.28. The fourth-order valence-corrected chi connectivity index (χ4v) is 4.55. The highest BCUT2D eigenvalue weighted by molar-refractivity contribution is 6.27. The minimum absolute atomic E-state index is 0.0174. The van der Waals surface area contributed by atoms with Gasteiger partial charge in [-0.3, -0.25) is 19.2 Å². The van der Waals surface area contributed by atoms with Crippen molar-refractivity contribution >= 4 is 22.8 Å². The molecular weight excluding hydrogens is 481 g/mol. The van der Waals surface area contributed by atoms with Crippen LogP contribution in [0.2, 0.25) is 0 Å². The van der Waals surface area contributed by atoms with Crippen molar-refractivity contribution in [2.75, 3.05) is 26.2 Å². The molecule has 7 nitrogen and oxygen atoms in total. The second-order valence-corrected chi connectivity index (χ2v) is 8.79. The van der Waals surface area contributed by atoms with E-state index < -0.39 is 11.9 Å². The number of carbonyl (C=O) groups excluding carboxylic acids is 1. The Kier molecular flexibility index (Phi) is 7.74. The van der Waals surface area contributed by atoms with Gasteiger partial charge >= 0.3 is 6.18 Å².